The average Bonchev–Trinajstić information content (AvgIpc) is 2.35. The first-order chi connectivity index (χ1) is 9.23. The number of aliphatic hydroxyl groups excluding tert-OH is 1. The number of nitro groups is 1. The van der Waals surface area contributed by atoms with Crippen LogP contribution in [0.4, 0.5) is 24.5 Å². The van der Waals surface area contributed by atoms with Gasteiger partial charge in [-0.25, -0.2) is 18.0 Å². The van der Waals surface area contributed by atoms with E-state index in [0.29, 0.717) is 12.1 Å². The summed E-state index contributed by atoms with van der Waals surface area (Å²) in [7, 11) is 0. The summed E-state index contributed by atoms with van der Waals surface area (Å²) in [4.78, 5) is 20.4. The summed E-state index contributed by atoms with van der Waals surface area (Å²) in [5.41, 5.74) is -2.16. The standard InChI is InChI=1S/C10H9F3N2O5/c11-5-2-7(15(19)20)6(1-4(5)10(17)18)14-3-8(16)9(12)13/h1-2,8-9,14,16H,3H2,(H,17,18). The highest BCUT2D eigenvalue weighted by molar-refractivity contribution is 5.90. The highest BCUT2D eigenvalue weighted by Gasteiger charge is 2.23. The lowest BCUT2D eigenvalue weighted by Gasteiger charge is -2.12. The maximum absolute atomic E-state index is 13.3. The Balaban J connectivity index is 3.11. The number of nitrogens with zero attached hydrogens (tertiary/aromatic N) is 1. The second-order valence-electron chi connectivity index (χ2n) is 3.69. The Morgan fingerprint density at radius 2 is 2.05 bits per heavy atom. The molecule has 0 aromatic heterocycles. The largest absolute Gasteiger partial charge is 0.478 e. The molecule has 0 saturated heterocycles. The van der Waals surface area contributed by atoms with Crippen molar-refractivity contribution < 1.29 is 33.1 Å². The average molecular weight is 294 g/mol. The number of rotatable bonds is 6. The van der Waals surface area contributed by atoms with Crippen LogP contribution in [0.2, 0.25) is 0 Å². The molecule has 0 heterocycles. The van der Waals surface area contributed by atoms with Crippen molar-refractivity contribution in [3.63, 3.8) is 0 Å². The van der Waals surface area contributed by atoms with Gasteiger partial charge in [-0.3, -0.25) is 10.1 Å². The highest BCUT2D eigenvalue weighted by Crippen LogP contribution is 2.28. The van der Waals surface area contributed by atoms with Gasteiger partial charge in [0.15, 0.2) is 0 Å². The fourth-order valence-corrected chi connectivity index (χ4v) is 1.32. The number of anilines is 1. The number of aliphatic hydroxyl groups is 1. The summed E-state index contributed by atoms with van der Waals surface area (Å²) in [5, 5.41) is 30.3. The summed E-state index contributed by atoms with van der Waals surface area (Å²) in [6, 6.07) is 0.967. The Labute approximate surface area is 109 Å². The Morgan fingerprint density at radius 1 is 1.45 bits per heavy atom. The van der Waals surface area contributed by atoms with Gasteiger partial charge in [-0.15, -0.1) is 0 Å². The van der Waals surface area contributed by atoms with Gasteiger partial charge < -0.3 is 15.5 Å². The van der Waals surface area contributed by atoms with E-state index in [1.54, 1.807) is 0 Å². The number of halogens is 3. The van der Waals surface area contributed by atoms with Gasteiger partial charge in [-0.2, -0.15) is 0 Å². The number of hydrogen-bond donors (Lipinski definition) is 3. The molecule has 3 N–H and O–H groups in total. The molecule has 7 nitrogen and oxygen atoms in total. The third-order valence-electron chi connectivity index (χ3n) is 2.30. The van der Waals surface area contributed by atoms with Gasteiger partial charge in [0.1, 0.15) is 17.6 Å². The van der Waals surface area contributed by atoms with Crippen LogP contribution in [0.15, 0.2) is 12.1 Å². The first-order valence-corrected chi connectivity index (χ1v) is 5.15. The maximum Gasteiger partial charge on any atom is 0.338 e. The fraction of sp³-hybridized carbons (Fsp3) is 0.300. The molecule has 0 spiro atoms. The van der Waals surface area contributed by atoms with Gasteiger partial charge in [0.2, 0.25) is 0 Å². The molecule has 1 aromatic carbocycles. The van der Waals surface area contributed by atoms with E-state index in [0.717, 1.165) is 0 Å². The molecule has 1 atom stereocenters. The third kappa shape index (κ3) is 3.57. The van der Waals surface area contributed by atoms with Crippen LogP contribution in [-0.4, -0.2) is 40.2 Å². The third-order valence-corrected chi connectivity index (χ3v) is 2.30. The van der Waals surface area contributed by atoms with E-state index in [9.17, 15) is 28.1 Å². The molecule has 110 valence electrons. The van der Waals surface area contributed by atoms with Crippen molar-refractivity contribution in [1.29, 1.82) is 0 Å². The summed E-state index contributed by atoms with van der Waals surface area (Å²) in [6.45, 7) is -0.761. The van der Waals surface area contributed by atoms with E-state index in [-0.39, 0.29) is 0 Å². The lowest BCUT2D eigenvalue weighted by Crippen LogP contribution is -2.27. The molecule has 0 aliphatic heterocycles. The molecular weight excluding hydrogens is 285 g/mol. The van der Waals surface area contributed by atoms with Crippen molar-refractivity contribution in [2.75, 3.05) is 11.9 Å². The Kier molecular flexibility index (Phi) is 4.86. The number of hydrogen-bond acceptors (Lipinski definition) is 5. The molecule has 0 bridgehead atoms. The zero-order valence-electron chi connectivity index (χ0n) is 9.72. The normalized spacial score (nSPS) is 12.2. The van der Waals surface area contributed by atoms with E-state index >= 15 is 0 Å². The van der Waals surface area contributed by atoms with E-state index in [4.69, 9.17) is 10.2 Å². The summed E-state index contributed by atoms with van der Waals surface area (Å²) >= 11 is 0. The number of alkyl halides is 2. The fourth-order valence-electron chi connectivity index (χ4n) is 1.32. The molecule has 20 heavy (non-hydrogen) atoms. The van der Waals surface area contributed by atoms with Gasteiger partial charge in [0.05, 0.1) is 16.6 Å². The van der Waals surface area contributed by atoms with Gasteiger partial charge >= 0.3 is 5.97 Å². The lowest BCUT2D eigenvalue weighted by atomic mass is 10.1. The van der Waals surface area contributed by atoms with Crippen molar-refractivity contribution in [2.24, 2.45) is 0 Å². The Hall–Kier alpha value is -2.36. The van der Waals surface area contributed by atoms with Crippen LogP contribution in [0.25, 0.3) is 0 Å². The van der Waals surface area contributed by atoms with Gasteiger partial charge in [0.25, 0.3) is 12.1 Å². The zero-order valence-corrected chi connectivity index (χ0v) is 9.72. The minimum Gasteiger partial charge on any atom is -0.478 e. The lowest BCUT2D eigenvalue weighted by molar-refractivity contribution is -0.384. The summed E-state index contributed by atoms with van der Waals surface area (Å²) in [5.74, 6) is -3.00. The van der Waals surface area contributed by atoms with E-state index in [1.165, 1.54) is 0 Å². The number of nitro benzene ring substituents is 1. The van der Waals surface area contributed by atoms with E-state index in [2.05, 4.69) is 5.32 Å². The predicted molar refractivity (Wildman–Crippen MR) is 60.5 cm³/mol. The van der Waals surface area contributed by atoms with Crippen LogP contribution in [0.5, 0.6) is 0 Å². The molecule has 1 rings (SSSR count). The second-order valence-corrected chi connectivity index (χ2v) is 3.69. The molecule has 0 amide bonds. The summed E-state index contributed by atoms with van der Waals surface area (Å²) in [6.07, 6.45) is -5.19. The topological polar surface area (TPSA) is 113 Å². The highest BCUT2D eigenvalue weighted by atomic mass is 19.3. The number of carboxylic acids is 1. The van der Waals surface area contributed by atoms with Crippen molar-refractivity contribution in [1.82, 2.24) is 0 Å². The number of aromatic carboxylic acids is 1. The first-order valence-electron chi connectivity index (χ1n) is 5.15. The second kappa shape index (κ2) is 6.19. The van der Waals surface area contributed by atoms with Gasteiger partial charge in [0, 0.05) is 6.54 Å². The molecule has 1 aromatic rings. The van der Waals surface area contributed by atoms with Crippen molar-refractivity contribution in [2.45, 2.75) is 12.5 Å². The molecule has 0 radical (unpaired) electrons. The van der Waals surface area contributed by atoms with Crippen LogP contribution in [0.1, 0.15) is 10.4 Å². The molecule has 0 aliphatic rings. The molecular formula is C10H9F3N2O5. The number of nitrogens with one attached hydrogen (secondary N) is 1. The van der Waals surface area contributed by atoms with E-state index in [1.807, 2.05) is 0 Å². The molecule has 0 aliphatic carbocycles. The minimum atomic E-state index is -3.08. The summed E-state index contributed by atoms with van der Waals surface area (Å²) < 4.78 is 37.5. The number of carbonyl (C=O) groups is 1. The van der Waals surface area contributed by atoms with Gasteiger partial charge in [-0.05, 0) is 6.07 Å². The van der Waals surface area contributed by atoms with Crippen molar-refractivity contribution >= 4 is 17.3 Å². The Morgan fingerprint density at radius 3 is 2.50 bits per heavy atom. The predicted octanol–water partition coefficient (Wildman–Crippen LogP) is 1.47. The van der Waals surface area contributed by atoms with Crippen molar-refractivity contribution in [3.8, 4) is 0 Å². The van der Waals surface area contributed by atoms with Crippen LogP contribution in [0.3, 0.4) is 0 Å². The Bertz CT molecular complexity index is 538. The van der Waals surface area contributed by atoms with E-state index < -0.39 is 52.7 Å². The van der Waals surface area contributed by atoms with Crippen LogP contribution in [-0.2, 0) is 0 Å². The SMILES string of the molecule is O=C(O)c1cc(NCC(O)C(F)F)c([N+](=O)[O-])cc1F. The first kappa shape index (κ1) is 15.7. The zero-order chi connectivity index (χ0) is 15.4. The van der Waals surface area contributed by atoms with Crippen LogP contribution < -0.4 is 5.32 Å². The van der Waals surface area contributed by atoms with Crippen LogP contribution in [0, 0.1) is 15.9 Å². The minimum absolute atomic E-state index is 0.362. The maximum atomic E-state index is 13.3. The van der Waals surface area contributed by atoms with Crippen molar-refractivity contribution in [3.05, 3.63) is 33.6 Å². The molecule has 1 unspecified atom stereocenters. The number of benzene rings is 1. The monoisotopic (exact) mass is 294 g/mol. The molecule has 10 heteroatoms. The van der Waals surface area contributed by atoms with Crippen LogP contribution >= 0.6 is 0 Å². The molecule has 0 fully saturated rings. The number of carboxylic acid groups (broad SMARTS) is 1. The molecule has 0 saturated carbocycles. The quantitative estimate of drug-likeness (QED) is 0.541. The smallest absolute Gasteiger partial charge is 0.338 e. The van der Waals surface area contributed by atoms with Gasteiger partial charge in [-0.1, -0.05) is 0 Å².